The fourth-order valence-electron chi connectivity index (χ4n) is 2.24. The van der Waals surface area contributed by atoms with Crippen LogP contribution in [0, 0.1) is 0 Å². The zero-order valence-electron chi connectivity index (χ0n) is 13.5. The van der Waals surface area contributed by atoms with Gasteiger partial charge in [0.05, 0.1) is 12.0 Å². The minimum atomic E-state index is 0.809. The van der Waals surface area contributed by atoms with Crippen molar-refractivity contribution < 1.29 is 4.74 Å². The van der Waals surface area contributed by atoms with Gasteiger partial charge in [0.25, 0.3) is 0 Å². The predicted molar refractivity (Wildman–Crippen MR) is 101 cm³/mol. The van der Waals surface area contributed by atoms with E-state index in [2.05, 4.69) is 32.1 Å². The van der Waals surface area contributed by atoms with E-state index in [-0.39, 0.29) is 0 Å². The van der Waals surface area contributed by atoms with Crippen molar-refractivity contribution in [3.8, 4) is 16.5 Å². The van der Waals surface area contributed by atoms with Crippen molar-refractivity contribution in [2.24, 2.45) is 0 Å². The van der Waals surface area contributed by atoms with Crippen LogP contribution < -0.4 is 15.4 Å². The van der Waals surface area contributed by atoms with E-state index in [0.29, 0.717) is 0 Å². The third kappa shape index (κ3) is 4.77. The summed E-state index contributed by atoms with van der Waals surface area (Å²) in [5.74, 6) is 1.72. The Morgan fingerprint density at radius 1 is 1.12 bits per heavy atom. The van der Waals surface area contributed by atoms with Crippen LogP contribution in [0.15, 0.2) is 41.8 Å². The van der Waals surface area contributed by atoms with Crippen molar-refractivity contribution in [3.63, 3.8) is 0 Å². The third-order valence-electron chi connectivity index (χ3n) is 3.47. The summed E-state index contributed by atoms with van der Waals surface area (Å²) in [6.07, 6.45) is 0.985. The highest BCUT2D eigenvalue weighted by Crippen LogP contribution is 2.24. The van der Waals surface area contributed by atoms with Gasteiger partial charge in [-0.3, -0.25) is 0 Å². The number of aromatic nitrogens is 2. The Balaban J connectivity index is 1.34. The van der Waals surface area contributed by atoms with Gasteiger partial charge in [-0.25, -0.2) is 0 Å². The molecule has 2 heterocycles. The van der Waals surface area contributed by atoms with Crippen LogP contribution in [0.2, 0.25) is 0 Å². The van der Waals surface area contributed by atoms with Crippen LogP contribution in [0.5, 0.6) is 5.75 Å². The molecule has 0 spiro atoms. The van der Waals surface area contributed by atoms with E-state index in [9.17, 15) is 0 Å². The minimum absolute atomic E-state index is 0.809. The quantitative estimate of drug-likeness (QED) is 0.572. The van der Waals surface area contributed by atoms with E-state index < -0.39 is 0 Å². The van der Waals surface area contributed by atoms with Gasteiger partial charge in [0.15, 0.2) is 5.82 Å². The lowest BCUT2D eigenvalue weighted by molar-refractivity contribution is 0.414. The number of anilines is 1. The van der Waals surface area contributed by atoms with Crippen LogP contribution in [0.25, 0.3) is 10.7 Å². The first kappa shape index (κ1) is 16.9. The molecule has 1 aromatic carbocycles. The number of hydrogen-bond donors (Lipinski definition) is 2. The number of nitrogens with zero attached hydrogens (tertiary/aromatic N) is 2. The lowest BCUT2D eigenvalue weighted by Crippen LogP contribution is -2.24. The lowest BCUT2D eigenvalue weighted by Gasteiger charge is -2.06. The first-order valence-electron chi connectivity index (χ1n) is 7.80. The van der Waals surface area contributed by atoms with Gasteiger partial charge in [0, 0.05) is 24.6 Å². The molecule has 2 N–H and O–H groups in total. The maximum atomic E-state index is 5.24. The average molecular weight is 361 g/mol. The molecule has 126 valence electrons. The molecule has 24 heavy (non-hydrogen) atoms. The van der Waals surface area contributed by atoms with Crippen LogP contribution >= 0.6 is 22.9 Å². The Morgan fingerprint density at radius 2 is 2.08 bits per heavy atom. The van der Waals surface area contributed by atoms with Gasteiger partial charge < -0.3 is 15.4 Å². The molecule has 0 radical (unpaired) electrons. The molecule has 0 amide bonds. The van der Waals surface area contributed by atoms with Gasteiger partial charge in [0.1, 0.15) is 5.75 Å². The SMILES string of the molecule is COc1cccc(CCNCCNc2nc(-c3cccs3)ns2)c1. The number of thiophene rings is 1. The highest BCUT2D eigenvalue weighted by Gasteiger charge is 2.06. The van der Waals surface area contributed by atoms with Crippen LogP contribution in [0.3, 0.4) is 0 Å². The Morgan fingerprint density at radius 3 is 2.92 bits per heavy atom. The normalized spacial score (nSPS) is 10.7. The van der Waals surface area contributed by atoms with Crippen molar-refractivity contribution in [1.82, 2.24) is 14.7 Å². The van der Waals surface area contributed by atoms with Gasteiger partial charge in [-0.1, -0.05) is 18.2 Å². The highest BCUT2D eigenvalue weighted by atomic mass is 32.1. The maximum Gasteiger partial charge on any atom is 0.202 e. The third-order valence-corrected chi connectivity index (χ3v) is 5.01. The largest absolute Gasteiger partial charge is 0.497 e. The van der Waals surface area contributed by atoms with Crippen molar-refractivity contribution in [2.45, 2.75) is 6.42 Å². The average Bonchev–Trinajstić information content (AvgIpc) is 3.29. The summed E-state index contributed by atoms with van der Waals surface area (Å²) in [4.78, 5) is 5.61. The lowest BCUT2D eigenvalue weighted by atomic mass is 10.1. The Bertz CT molecular complexity index is 743. The van der Waals surface area contributed by atoms with Gasteiger partial charge in [-0.15, -0.1) is 11.3 Å². The topological polar surface area (TPSA) is 59.1 Å². The van der Waals surface area contributed by atoms with Gasteiger partial charge in [-0.2, -0.15) is 9.36 Å². The van der Waals surface area contributed by atoms with E-state index in [4.69, 9.17) is 4.74 Å². The summed E-state index contributed by atoms with van der Waals surface area (Å²) < 4.78 is 9.61. The molecular weight excluding hydrogens is 340 g/mol. The number of rotatable bonds is 9. The number of nitrogens with one attached hydrogen (secondary N) is 2. The fraction of sp³-hybridized carbons (Fsp3) is 0.294. The molecular formula is C17H20N4OS2. The van der Waals surface area contributed by atoms with Gasteiger partial charge in [0.2, 0.25) is 5.13 Å². The van der Waals surface area contributed by atoms with E-state index in [1.807, 2.05) is 29.6 Å². The number of methoxy groups -OCH3 is 1. The fourth-order valence-corrected chi connectivity index (χ4v) is 3.57. The first-order chi connectivity index (χ1) is 11.8. The smallest absolute Gasteiger partial charge is 0.202 e. The van der Waals surface area contributed by atoms with Gasteiger partial charge >= 0.3 is 0 Å². The standard InChI is InChI=1S/C17H20N4OS2/c1-22-14-5-2-4-13(12-14)7-8-18-9-10-19-17-20-16(21-24-17)15-6-3-11-23-15/h2-6,11-12,18H,7-10H2,1H3,(H,19,20,21). The maximum absolute atomic E-state index is 5.24. The summed E-state index contributed by atoms with van der Waals surface area (Å²) in [6, 6.07) is 12.2. The second-order valence-corrected chi connectivity index (χ2v) is 6.88. The summed E-state index contributed by atoms with van der Waals surface area (Å²) >= 11 is 3.06. The van der Waals surface area contributed by atoms with Crippen molar-refractivity contribution >= 4 is 28.0 Å². The second-order valence-electron chi connectivity index (χ2n) is 5.18. The predicted octanol–water partition coefficient (Wildman–Crippen LogP) is 3.52. The van der Waals surface area contributed by atoms with E-state index >= 15 is 0 Å². The Hall–Kier alpha value is -1.96. The van der Waals surface area contributed by atoms with Crippen LogP contribution in [0.4, 0.5) is 5.13 Å². The summed E-state index contributed by atoms with van der Waals surface area (Å²) in [7, 11) is 1.69. The molecule has 0 saturated carbocycles. The molecule has 0 unspecified atom stereocenters. The van der Waals surface area contributed by atoms with Crippen LogP contribution in [-0.4, -0.2) is 36.1 Å². The first-order valence-corrected chi connectivity index (χ1v) is 9.45. The number of hydrogen-bond acceptors (Lipinski definition) is 7. The zero-order valence-corrected chi connectivity index (χ0v) is 15.1. The Kier molecular flexibility index (Phi) is 6.17. The van der Waals surface area contributed by atoms with E-state index in [0.717, 1.165) is 47.6 Å². The van der Waals surface area contributed by atoms with E-state index in [1.165, 1.54) is 17.1 Å². The summed E-state index contributed by atoms with van der Waals surface area (Å²) in [6.45, 7) is 2.65. The molecule has 5 nitrogen and oxygen atoms in total. The molecule has 3 aromatic rings. The summed E-state index contributed by atoms with van der Waals surface area (Å²) in [5, 5.41) is 9.65. The van der Waals surface area contributed by atoms with Crippen molar-refractivity contribution in [2.75, 3.05) is 32.1 Å². The van der Waals surface area contributed by atoms with Crippen molar-refractivity contribution in [1.29, 1.82) is 0 Å². The molecule has 7 heteroatoms. The Labute approximate surface area is 149 Å². The highest BCUT2D eigenvalue weighted by molar-refractivity contribution is 7.14. The van der Waals surface area contributed by atoms with E-state index in [1.54, 1.807) is 18.4 Å². The second kappa shape index (κ2) is 8.77. The van der Waals surface area contributed by atoms with Gasteiger partial charge in [-0.05, 0) is 42.1 Å². The molecule has 0 aliphatic heterocycles. The van der Waals surface area contributed by atoms with Crippen molar-refractivity contribution in [3.05, 3.63) is 47.3 Å². The molecule has 0 fully saturated rings. The van der Waals surface area contributed by atoms with Crippen LogP contribution in [0.1, 0.15) is 5.56 Å². The molecule has 0 atom stereocenters. The number of benzene rings is 1. The van der Waals surface area contributed by atoms with Crippen LogP contribution in [-0.2, 0) is 6.42 Å². The zero-order chi connectivity index (χ0) is 16.6. The number of ether oxygens (including phenoxy) is 1. The molecule has 0 aliphatic carbocycles. The molecule has 0 aliphatic rings. The minimum Gasteiger partial charge on any atom is -0.497 e. The molecule has 2 aromatic heterocycles. The molecule has 0 saturated heterocycles. The molecule has 0 bridgehead atoms. The summed E-state index contributed by atoms with van der Waals surface area (Å²) in [5.41, 5.74) is 1.28. The molecule has 3 rings (SSSR count). The monoisotopic (exact) mass is 360 g/mol.